The van der Waals surface area contributed by atoms with Gasteiger partial charge in [0.25, 0.3) is 0 Å². The van der Waals surface area contributed by atoms with Crippen LogP contribution in [-0.4, -0.2) is 30.8 Å². The lowest BCUT2D eigenvalue weighted by molar-refractivity contribution is -0.118. The molecule has 0 radical (unpaired) electrons. The van der Waals surface area contributed by atoms with Crippen molar-refractivity contribution in [1.29, 1.82) is 0 Å². The van der Waals surface area contributed by atoms with Crippen LogP contribution < -0.4 is 5.32 Å². The predicted octanol–water partition coefficient (Wildman–Crippen LogP) is 3.80. The fraction of sp³-hybridized carbons (Fsp3) is 0.500. The maximum Gasteiger partial charge on any atom is 0.492 e. The fourth-order valence-corrected chi connectivity index (χ4v) is 2.57. The fourth-order valence-electron chi connectivity index (χ4n) is 2.40. The summed E-state index contributed by atoms with van der Waals surface area (Å²) in [4.78, 5) is 11.3. The van der Waals surface area contributed by atoms with Crippen LogP contribution >= 0.6 is 11.6 Å². The lowest BCUT2D eigenvalue weighted by atomic mass is 9.77. The number of benzene rings is 1. The summed E-state index contributed by atoms with van der Waals surface area (Å²) < 4.78 is 12.2. The van der Waals surface area contributed by atoms with Crippen molar-refractivity contribution < 1.29 is 14.1 Å². The van der Waals surface area contributed by atoms with Gasteiger partial charge in [-0.2, -0.15) is 0 Å². The van der Waals surface area contributed by atoms with Crippen LogP contribution in [0.5, 0.6) is 0 Å². The van der Waals surface area contributed by atoms with Crippen molar-refractivity contribution in [3.8, 4) is 0 Å². The number of nitrogens with one attached hydrogen (secondary N) is 1. The normalized spacial score (nSPS) is 19.5. The number of hydrogen-bond donors (Lipinski definition) is 1. The molecule has 24 heavy (non-hydrogen) atoms. The van der Waals surface area contributed by atoms with Gasteiger partial charge in [-0.15, -0.1) is 0 Å². The predicted molar refractivity (Wildman–Crippen MR) is 98.9 cm³/mol. The van der Waals surface area contributed by atoms with Gasteiger partial charge in [0.05, 0.1) is 11.2 Å². The van der Waals surface area contributed by atoms with Crippen LogP contribution in [0.1, 0.15) is 45.7 Å². The van der Waals surface area contributed by atoms with E-state index in [2.05, 4.69) is 5.32 Å². The molecule has 1 saturated heterocycles. The molecule has 0 saturated carbocycles. The minimum Gasteiger partial charge on any atom is -0.400 e. The molecule has 0 unspecified atom stereocenters. The van der Waals surface area contributed by atoms with Gasteiger partial charge in [-0.25, -0.2) is 0 Å². The summed E-state index contributed by atoms with van der Waals surface area (Å²) in [5.41, 5.74) is 1.94. The van der Waals surface area contributed by atoms with Gasteiger partial charge in [0.1, 0.15) is 0 Å². The molecule has 0 aliphatic carbocycles. The summed E-state index contributed by atoms with van der Waals surface area (Å²) in [6.07, 6.45) is 1.94. The smallest absolute Gasteiger partial charge is 0.400 e. The molecule has 0 aromatic heterocycles. The van der Waals surface area contributed by atoms with Crippen molar-refractivity contribution in [2.75, 3.05) is 6.54 Å². The Morgan fingerprint density at radius 2 is 1.83 bits per heavy atom. The minimum absolute atomic E-state index is 0.104. The molecule has 1 aromatic rings. The number of aryl methyl sites for hydroxylation is 1. The van der Waals surface area contributed by atoms with E-state index in [1.165, 1.54) is 6.92 Å². The zero-order chi connectivity index (χ0) is 18.1. The standard InChI is InChI=1S/C18H25BClNO3/c1-12-7-8-16(20)14(9-12)10-15(11-21-13(2)22)19-23-17(3,4)18(5,6)24-19/h7-10H,11H2,1-6H3,(H,21,22). The van der Waals surface area contributed by atoms with Gasteiger partial charge in [-0.3, -0.25) is 4.79 Å². The van der Waals surface area contributed by atoms with E-state index < -0.39 is 18.3 Å². The highest BCUT2D eigenvalue weighted by molar-refractivity contribution is 6.56. The first-order chi connectivity index (χ1) is 11.0. The van der Waals surface area contributed by atoms with Crippen LogP contribution in [-0.2, 0) is 14.1 Å². The van der Waals surface area contributed by atoms with Crippen LogP contribution in [0.3, 0.4) is 0 Å². The van der Waals surface area contributed by atoms with Crippen molar-refractivity contribution in [3.05, 3.63) is 39.8 Å². The van der Waals surface area contributed by atoms with E-state index >= 15 is 0 Å². The Labute approximate surface area is 149 Å². The van der Waals surface area contributed by atoms with Crippen LogP contribution in [0.25, 0.3) is 6.08 Å². The highest BCUT2D eigenvalue weighted by atomic mass is 35.5. The molecular weight excluding hydrogens is 324 g/mol. The Kier molecular flexibility index (Phi) is 5.48. The number of rotatable bonds is 4. The molecule has 130 valence electrons. The third-order valence-electron chi connectivity index (χ3n) is 4.59. The average Bonchev–Trinajstić information content (AvgIpc) is 2.66. The third kappa shape index (κ3) is 4.21. The lowest BCUT2D eigenvalue weighted by Gasteiger charge is -2.32. The molecule has 0 spiro atoms. The van der Waals surface area contributed by atoms with E-state index in [1.54, 1.807) is 0 Å². The second-order valence-corrected chi connectivity index (χ2v) is 7.65. The van der Waals surface area contributed by atoms with Crippen LogP contribution in [0, 0.1) is 6.92 Å². The summed E-state index contributed by atoms with van der Waals surface area (Å²) in [5.74, 6) is -0.104. The molecule has 4 nitrogen and oxygen atoms in total. The topological polar surface area (TPSA) is 47.6 Å². The Morgan fingerprint density at radius 3 is 2.38 bits per heavy atom. The average molecular weight is 350 g/mol. The Bertz CT molecular complexity index is 654. The van der Waals surface area contributed by atoms with Gasteiger partial charge >= 0.3 is 7.12 Å². The van der Waals surface area contributed by atoms with Crippen molar-refractivity contribution in [2.45, 2.75) is 52.7 Å². The van der Waals surface area contributed by atoms with Crippen LogP contribution in [0.2, 0.25) is 5.02 Å². The largest absolute Gasteiger partial charge is 0.492 e. The molecule has 1 heterocycles. The van der Waals surface area contributed by atoms with Crippen molar-refractivity contribution in [1.82, 2.24) is 5.32 Å². The number of amides is 1. The van der Waals surface area contributed by atoms with Crippen LogP contribution in [0.4, 0.5) is 0 Å². The molecule has 2 rings (SSSR count). The first kappa shape index (κ1) is 19.0. The van der Waals surface area contributed by atoms with E-state index in [0.29, 0.717) is 11.6 Å². The van der Waals surface area contributed by atoms with Crippen LogP contribution in [0.15, 0.2) is 23.7 Å². The second-order valence-electron chi connectivity index (χ2n) is 7.24. The summed E-state index contributed by atoms with van der Waals surface area (Å²) >= 11 is 6.31. The van der Waals surface area contributed by atoms with E-state index in [-0.39, 0.29) is 5.91 Å². The Hall–Kier alpha value is -1.30. The number of carbonyl (C=O) groups excluding carboxylic acids is 1. The van der Waals surface area contributed by atoms with E-state index in [0.717, 1.165) is 16.6 Å². The highest BCUT2D eigenvalue weighted by Crippen LogP contribution is 2.39. The SMILES string of the molecule is CC(=O)NCC(=Cc1cc(C)ccc1Cl)B1OC(C)(C)C(C)(C)O1. The van der Waals surface area contributed by atoms with E-state index in [4.69, 9.17) is 20.9 Å². The molecule has 1 N–H and O–H groups in total. The molecular formula is C18H25BClNO3. The molecule has 1 aliphatic rings. The first-order valence-corrected chi connectivity index (χ1v) is 8.46. The molecule has 0 atom stereocenters. The van der Waals surface area contributed by atoms with Gasteiger partial charge < -0.3 is 14.6 Å². The third-order valence-corrected chi connectivity index (χ3v) is 4.93. The van der Waals surface area contributed by atoms with Crippen molar-refractivity contribution >= 4 is 30.7 Å². The molecule has 1 fully saturated rings. The number of hydrogen-bond acceptors (Lipinski definition) is 3. The monoisotopic (exact) mass is 349 g/mol. The van der Waals surface area contributed by atoms with Gasteiger partial charge in [-0.1, -0.05) is 35.4 Å². The lowest BCUT2D eigenvalue weighted by Crippen LogP contribution is -2.41. The van der Waals surface area contributed by atoms with E-state index in [9.17, 15) is 4.79 Å². The Morgan fingerprint density at radius 1 is 1.25 bits per heavy atom. The molecule has 1 aliphatic heterocycles. The van der Waals surface area contributed by atoms with Gasteiger partial charge in [0, 0.05) is 18.5 Å². The van der Waals surface area contributed by atoms with Gasteiger partial charge in [-0.05, 0) is 51.7 Å². The molecule has 1 aromatic carbocycles. The van der Waals surface area contributed by atoms with Gasteiger partial charge in [0.15, 0.2) is 0 Å². The molecule has 0 bridgehead atoms. The molecule has 6 heteroatoms. The number of carbonyl (C=O) groups is 1. The number of halogens is 1. The second kappa shape index (κ2) is 6.91. The maximum atomic E-state index is 11.3. The summed E-state index contributed by atoms with van der Waals surface area (Å²) in [6, 6.07) is 5.83. The quantitative estimate of drug-likeness (QED) is 0.841. The van der Waals surface area contributed by atoms with Crippen molar-refractivity contribution in [2.24, 2.45) is 0 Å². The Balaban J connectivity index is 2.37. The van der Waals surface area contributed by atoms with E-state index in [1.807, 2.05) is 58.9 Å². The summed E-state index contributed by atoms with van der Waals surface area (Å²) in [5, 5.41) is 3.47. The van der Waals surface area contributed by atoms with Crippen molar-refractivity contribution in [3.63, 3.8) is 0 Å². The highest BCUT2D eigenvalue weighted by Gasteiger charge is 2.52. The summed E-state index contributed by atoms with van der Waals surface area (Å²) in [6.45, 7) is 11.9. The zero-order valence-electron chi connectivity index (χ0n) is 15.2. The first-order valence-electron chi connectivity index (χ1n) is 8.08. The maximum absolute atomic E-state index is 11.3. The summed E-state index contributed by atoms with van der Waals surface area (Å²) in [7, 11) is -0.529. The molecule has 1 amide bonds. The minimum atomic E-state index is -0.529. The zero-order valence-corrected chi connectivity index (χ0v) is 16.0. The van der Waals surface area contributed by atoms with Gasteiger partial charge in [0.2, 0.25) is 5.91 Å².